The molecule has 1 rings (SSSR count). The maximum absolute atomic E-state index is 8.80. The first-order valence-electron chi connectivity index (χ1n) is 4.72. The summed E-state index contributed by atoms with van der Waals surface area (Å²) >= 11 is 1.98. The summed E-state index contributed by atoms with van der Waals surface area (Å²) in [6.07, 6.45) is 1.33. The van der Waals surface area contributed by atoms with Crippen LogP contribution < -0.4 is 5.32 Å². The molecule has 2 N–H and O–H groups in total. The minimum absolute atomic E-state index is 0.329. The molecule has 3 heteroatoms. The third-order valence-electron chi connectivity index (χ3n) is 2.23. The second-order valence-corrected chi connectivity index (χ2v) is 4.76. The zero-order chi connectivity index (χ0) is 8.81. The fourth-order valence-electron chi connectivity index (χ4n) is 1.35. The fraction of sp³-hybridized carbons (Fsp3) is 1.00. The highest BCUT2D eigenvalue weighted by Crippen LogP contribution is 2.16. The molecule has 0 amide bonds. The highest BCUT2D eigenvalue weighted by Gasteiger charge is 2.14. The first-order chi connectivity index (χ1) is 5.83. The van der Waals surface area contributed by atoms with Crippen molar-refractivity contribution in [3.8, 4) is 0 Å². The monoisotopic (exact) mass is 189 g/mol. The van der Waals surface area contributed by atoms with Gasteiger partial charge in [-0.05, 0) is 42.9 Å². The van der Waals surface area contributed by atoms with E-state index in [1.165, 1.54) is 25.3 Å². The molecular weight excluding hydrogens is 170 g/mol. The molecule has 0 bridgehead atoms. The minimum atomic E-state index is 0.329. The van der Waals surface area contributed by atoms with Gasteiger partial charge in [0.15, 0.2) is 0 Å². The van der Waals surface area contributed by atoms with E-state index in [-0.39, 0.29) is 0 Å². The van der Waals surface area contributed by atoms with E-state index in [0.717, 1.165) is 11.7 Å². The summed E-state index contributed by atoms with van der Waals surface area (Å²) < 4.78 is 0. The molecule has 0 radical (unpaired) electrons. The second-order valence-electron chi connectivity index (χ2n) is 3.68. The Hall–Kier alpha value is 0.270. The van der Waals surface area contributed by atoms with Crippen LogP contribution in [0.3, 0.4) is 0 Å². The first-order valence-corrected chi connectivity index (χ1v) is 5.87. The molecule has 1 heterocycles. The Balaban J connectivity index is 1.94. The van der Waals surface area contributed by atoms with Crippen LogP contribution >= 0.6 is 11.8 Å². The number of hydrogen-bond acceptors (Lipinski definition) is 3. The van der Waals surface area contributed by atoms with Gasteiger partial charge >= 0.3 is 0 Å². The molecule has 72 valence electrons. The third kappa shape index (κ3) is 3.78. The van der Waals surface area contributed by atoms with Crippen molar-refractivity contribution in [3.05, 3.63) is 0 Å². The van der Waals surface area contributed by atoms with Gasteiger partial charge in [0, 0.05) is 6.61 Å². The summed E-state index contributed by atoms with van der Waals surface area (Å²) in [5.74, 6) is 3.70. The zero-order valence-electron chi connectivity index (χ0n) is 7.75. The Bertz CT molecular complexity index is 115. The number of rotatable bonds is 5. The number of hydrogen-bond donors (Lipinski definition) is 2. The lowest BCUT2D eigenvalue weighted by atomic mass is 10.2. The van der Waals surface area contributed by atoms with Gasteiger partial charge < -0.3 is 10.4 Å². The van der Waals surface area contributed by atoms with Gasteiger partial charge in [-0.1, -0.05) is 6.92 Å². The molecule has 1 aliphatic heterocycles. The topological polar surface area (TPSA) is 32.3 Å². The zero-order valence-corrected chi connectivity index (χ0v) is 8.57. The molecule has 2 atom stereocenters. The first kappa shape index (κ1) is 10.4. The molecule has 1 saturated heterocycles. The van der Waals surface area contributed by atoms with Gasteiger partial charge in [-0.3, -0.25) is 0 Å². The minimum Gasteiger partial charge on any atom is -0.396 e. The average molecular weight is 189 g/mol. The van der Waals surface area contributed by atoms with Gasteiger partial charge in [0.2, 0.25) is 0 Å². The summed E-state index contributed by atoms with van der Waals surface area (Å²) in [7, 11) is 0. The van der Waals surface area contributed by atoms with Crippen molar-refractivity contribution in [1.29, 1.82) is 0 Å². The summed E-state index contributed by atoms with van der Waals surface area (Å²) in [6, 6.07) is 0. The molecule has 2 nitrogen and oxygen atoms in total. The van der Waals surface area contributed by atoms with Crippen LogP contribution in [0.2, 0.25) is 0 Å². The summed E-state index contributed by atoms with van der Waals surface area (Å²) in [5, 5.41) is 12.2. The Labute approximate surface area is 79.1 Å². The molecule has 12 heavy (non-hydrogen) atoms. The second kappa shape index (κ2) is 5.84. The van der Waals surface area contributed by atoms with Gasteiger partial charge in [0.25, 0.3) is 0 Å². The third-order valence-corrected chi connectivity index (χ3v) is 3.74. The number of nitrogens with one attached hydrogen (secondary N) is 1. The van der Waals surface area contributed by atoms with E-state index >= 15 is 0 Å². The standard InChI is InChI=1S/C9H19NOS/c1-8(5-11)6-12-7-9-2-3-10-4-9/h8-11H,2-7H2,1H3. The van der Waals surface area contributed by atoms with Crippen molar-refractivity contribution in [1.82, 2.24) is 5.32 Å². The fourth-order valence-corrected chi connectivity index (χ4v) is 2.61. The summed E-state index contributed by atoms with van der Waals surface area (Å²) in [5.41, 5.74) is 0. The molecule has 0 spiro atoms. The Kier molecular flexibility index (Phi) is 5.04. The smallest absolute Gasteiger partial charge is 0.0464 e. The Morgan fingerprint density at radius 2 is 2.50 bits per heavy atom. The van der Waals surface area contributed by atoms with Crippen molar-refractivity contribution in [2.45, 2.75) is 13.3 Å². The summed E-state index contributed by atoms with van der Waals surface area (Å²) in [4.78, 5) is 0. The molecule has 0 aromatic carbocycles. The number of thioether (sulfide) groups is 1. The van der Waals surface area contributed by atoms with Crippen LogP contribution in [-0.4, -0.2) is 36.3 Å². The maximum Gasteiger partial charge on any atom is 0.0464 e. The van der Waals surface area contributed by atoms with Crippen LogP contribution in [0.1, 0.15) is 13.3 Å². The van der Waals surface area contributed by atoms with Crippen LogP contribution in [0.25, 0.3) is 0 Å². The molecule has 1 fully saturated rings. The van der Waals surface area contributed by atoms with Crippen molar-refractivity contribution < 1.29 is 5.11 Å². The SMILES string of the molecule is CC(CO)CSCC1CCNC1. The lowest BCUT2D eigenvalue weighted by molar-refractivity contribution is 0.250. The molecule has 1 aliphatic rings. The van der Waals surface area contributed by atoms with Crippen molar-refractivity contribution in [2.24, 2.45) is 11.8 Å². The predicted molar refractivity (Wildman–Crippen MR) is 54.6 cm³/mol. The van der Waals surface area contributed by atoms with Gasteiger partial charge in [-0.2, -0.15) is 11.8 Å². The van der Waals surface area contributed by atoms with E-state index < -0.39 is 0 Å². The van der Waals surface area contributed by atoms with Gasteiger partial charge in [0.05, 0.1) is 0 Å². The van der Waals surface area contributed by atoms with Crippen LogP contribution in [0.4, 0.5) is 0 Å². The van der Waals surface area contributed by atoms with Crippen LogP contribution in [-0.2, 0) is 0 Å². The van der Waals surface area contributed by atoms with Gasteiger partial charge in [-0.25, -0.2) is 0 Å². The Morgan fingerprint density at radius 1 is 1.67 bits per heavy atom. The van der Waals surface area contributed by atoms with Crippen molar-refractivity contribution >= 4 is 11.8 Å². The number of aliphatic hydroxyl groups is 1. The predicted octanol–water partition coefficient (Wildman–Crippen LogP) is 0.957. The number of aliphatic hydroxyl groups excluding tert-OH is 1. The molecule has 0 aromatic heterocycles. The van der Waals surface area contributed by atoms with Crippen molar-refractivity contribution in [3.63, 3.8) is 0 Å². The normalized spacial score (nSPS) is 26.0. The lowest BCUT2D eigenvalue weighted by Crippen LogP contribution is -2.12. The van der Waals surface area contributed by atoms with E-state index in [1.54, 1.807) is 0 Å². The highest BCUT2D eigenvalue weighted by atomic mass is 32.2. The van der Waals surface area contributed by atoms with E-state index in [2.05, 4.69) is 12.2 Å². The Morgan fingerprint density at radius 3 is 3.08 bits per heavy atom. The van der Waals surface area contributed by atoms with Crippen LogP contribution in [0.5, 0.6) is 0 Å². The highest BCUT2D eigenvalue weighted by molar-refractivity contribution is 7.99. The quantitative estimate of drug-likeness (QED) is 0.675. The van der Waals surface area contributed by atoms with Crippen molar-refractivity contribution in [2.75, 3.05) is 31.2 Å². The largest absolute Gasteiger partial charge is 0.396 e. The average Bonchev–Trinajstić information content (AvgIpc) is 2.57. The van der Waals surface area contributed by atoms with Crippen LogP contribution in [0, 0.1) is 11.8 Å². The molecule has 2 unspecified atom stereocenters. The molecule has 0 aliphatic carbocycles. The molecular formula is C9H19NOS. The maximum atomic E-state index is 8.80. The molecule has 0 aromatic rings. The van der Waals surface area contributed by atoms with Gasteiger partial charge in [-0.15, -0.1) is 0 Å². The van der Waals surface area contributed by atoms with E-state index in [0.29, 0.717) is 12.5 Å². The van der Waals surface area contributed by atoms with Gasteiger partial charge in [0.1, 0.15) is 0 Å². The van der Waals surface area contributed by atoms with E-state index in [1.807, 2.05) is 11.8 Å². The van der Waals surface area contributed by atoms with E-state index in [4.69, 9.17) is 5.11 Å². The summed E-state index contributed by atoms with van der Waals surface area (Å²) in [6.45, 7) is 4.82. The van der Waals surface area contributed by atoms with Crippen LogP contribution in [0.15, 0.2) is 0 Å². The lowest BCUT2D eigenvalue weighted by Gasteiger charge is -2.10. The van der Waals surface area contributed by atoms with E-state index in [9.17, 15) is 0 Å². The molecule has 0 saturated carbocycles.